The lowest BCUT2D eigenvalue weighted by molar-refractivity contribution is -0.163. The van der Waals surface area contributed by atoms with Gasteiger partial charge < -0.3 is 14.7 Å². The Balaban J connectivity index is 2.21. The van der Waals surface area contributed by atoms with Gasteiger partial charge in [0.2, 0.25) is 5.91 Å². The van der Waals surface area contributed by atoms with Gasteiger partial charge in [0, 0.05) is 6.54 Å². The molecular formula is C16H19NO4. The van der Waals surface area contributed by atoms with Crippen LogP contribution in [0.4, 0.5) is 0 Å². The highest BCUT2D eigenvalue weighted by molar-refractivity contribution is 5.96. The Morgan fingerprint density at radius 2 is 2.05 bits per heavy atom. The van der Waals surface area contributed by atoms with Crippen LogP contribution >= 0.6 is 0 Å². The van der Waals surface area contributed by atoms with Crippen molar-refractivity contribution in [3.05, 3.63) is 48.0 Å². The van der Waals surface area contributed by atoms with Gasteiger partial charge in [-0.3, -0.25) is 4.79 Å². The van der Waals surface area contributed by atoms with Crippen LogP contribution in [0.5, 0.6) is 0 Å². The van der Waals surface area contributed by atoms with E-state index in [0.29, 0.717) is 6.54 Å². The zero-order chi connectivity index (χ0) is 15.6. The van der Waals surface area contributed by atoms with Crippen molar-refractivity contribution < 1.29 is 19.4 Å². The van der Waals surface area contributed by atoms with Crippen molar-refractivity contribution in [1.82, 2.24) is 4.90 Å². The fourth-order valence-electron chi connectivity index (χ4n) is 2.66. The Bertz CT molecular complexity index is 553. The van der Waals surface area contributed by atoms with Gasteiger partial charge >= 0.3 is 5.97 Å². The van der Waals surface area contributed by atoms with E-state index >= 15 is 0 Å². The summed E-state index contributed by atoms with van der Waals surface area (Å²) in [5.74, 6) is -1.37. The number of ether oxygens (including phenoxy) is 1. The lowest BCUT2D eigenvalue weighted by Gasteiger charge is -2.48. The van der Waals surface area contributed by atoms with E-state index in [4.69, 9.17) is 0 Å². The van der Waals surface area contributed by atoms with Crippen LogP contribution in [-0.2, 0) is 20.9 Å². The quantitative estimate of drug-likeness (QED) is 0.501. The maximum Gasteiger partial charge on any atom is 0.335 e. The van der Waals surface area contributed by atoms with Crippen molar-refractivity contribution >= 4 is 11.9 Å². The van der Waals surface area contributed by atoms with E-state index in [1.54, 1.807) is 11.8 Å². The molecule has 0 saturated carbocycles. The molecule has 1 aromatic carbocycles. The van der Waals surface area contributed by atoms with Crippen LogP contribution in [0.3, 0.4) is 0 Å². The Morgan fingerprint density at radius 3 is 2.57 bits per heavy atom. The predicted octanol–water partition coefficient (Wildman–Crippen LogP) is 1.12. The summed E-state index contributed by atoms with van der Waals surface area (Å²) in [7, 11) is 1.27. The topological polar surface area (TPSA) is 66.8 Å². The minimum absolute atomic E-state index is 0.177. The summed E-state index contributed by atoms with van der Waals surface area (Å²) in [5.41, 5.74) is 1.15. The van der Waals surface area contributed by atoms with E-state index in [0.717, 1.165) is 5.56 Å². The molecule has 0 aromatic heterocycles. The number of nitrogens with zero attached hydrogens (tertiary/aromatic N) is 1. The lowest BCUT2D eigenvalue weighted by Crippen LogP contribution is -2.64. The van der Waals surface area contributed by atoms with E-state index in [9.17, 15) is 14.7 Å². The van der Waals surface area contributed by atoms with Gasteiger partial charge in [-0.05, 0) is 12.5 Å². The van der Waals surface area contributed by atoms with Crippen LogP contribution in [0.2, 0.25) is 0 Å². The average Bonchev–Trinajstić information content (AvgIpc) is 2.48. The van der Waals surface area contributed by atoms with Gasteiger partial charge in [-0.1, -0.05) is 36.9 Å². The standard InChI is InChI=1S/C16H19NO4/c1-10(16(20)21-3)14-13(11(2)18)15(19)17(14)9-12-7-5-4-6-8-12/h4-8,11,13-14,18H,1,9H2,2-3H3/t11-,13-,14-/m1/s1. The first kappa shape index (κ1) is 15.3. The largest absolute Gasteiger partial charge is 0.466 e. The van der Waals surface area contributed by atoms with Gasteiger partial charge in [-0.25, -0.2) is 4.79 Å². The molecule has 3 atom stereocenters. The SMILES string of the molecule is C=C(C(=O)OC)[C@@H]1[C@@H]([C@@H](C)O)C(=O)N1Cc1ccccc1. The van der Waals surface area contributed by atoms with Crippen LogP contribution in [0, 0.1) is 5.92 Å². The minimum atomic E-state index is -0.837. The number of aliphatic hydroxyl groups is 1. The Labute approximate surface area is 123 Å². The van der Waals surface area contributed by atoms with E-state index in [1.807, 2.05) is 30.3 Å². The molecule has 0 bridgehead atoms. The first-order valence-corrected chi connectivity index (χ1v) is 6.77. The summed E-state index contributed by atoms with van der Waals surface area (Å²) in [6, 6.07) is 8.95. The van der Waals surface area contributed by atoms with Crippen LogP contribution in [-0.4, -0.2) is 41.1 Å². The fourth-order valence-corrected chi connectivity index (χ4v) is 2.66. The number of hydrogen-bond acceptors (Lipinski definition) is 4. The first-order chi connectivity index (χ1) is 9.97. The summed E-state index contributed by atoms with van der Waals surface area (Å²) < 4.78 is 4.67. The number of hydrogen-bond donors (Lipinski definition) is 1. The number of aliphatic hydroxyl groups excluding tert-OH is 1. The van der Waals surface area contributed by atoms with Crippen molar-refractivity contribution in [3.63, 3.8) is 0 Å². The maximum absolute atomic E-state index is 12.2. The van der Waals surface area contributed by atoms with Crippen molar-refractivity contribution in [2.75, 3.05) is 7.11 Å². The van der Waals surface area contributed by atoms with Crippen molar-refractivity contribution in [2.24, 2.45) is 5.92 Å². The summed E-state index contributed by atoms with van der Waals surface area (Å²) in [6.07, 6.45) is -0.837. The van der Waals surface area contributed by atoms with Crippen LogP contribution in [0.1, 0.15) is 12.5 Å². The zero-order valence-electron chi connectivity index (χ0n) is 12.2. The number of carbonyl (C=O) groups is 2. The molecule has 0 aliphatic carbocycles. The second-order valence-corrected chi connectivity index (χ2v) is 5.18. The summed E-state index contributed by atoms with van der Waals surface area (Å²) >= 11 is 0. The van der Waals surface area contributed by atoms with Gasteiger partial charge in [0.1, 0.15) is 0 Å². The highest BCUT2D eigenvalue weighted by Crippen LogP contribution is 2.35. The van der Waals surface area contributed by atoms with Crippen LogP contribution in [0.25, 0.3) is 0 Å². The second kappa shape index (κ2) is 6.10. The average molecular weight is 289 g/mol. The Kier molecular flexibility index (Phi) is 4.43. The molecule has 21 heavy (non-hydrogen) atoms. The van der Waals surface area contributed by atoms with Crippen molar-refractivity contribution in [1.29, 1.82) is 0 Å². The molecule has 1 aromatic rings. The van der Waals surface area contributed by atoms with Gasteiger partial charge in [0.05, 0.1) is 30.7 Å². The molecule has 2 rings (SSSR count). The van der Waals surface area contributed by atoms with E-state index in [-0.39, 0.29) is 11.5 Å². The minimum Gasteiger partial charge on any atom is -0.466 e. The molecule has 1 heterocycles. The molecule has 1 fully saturated rings. The lowest BCUT2D eigenvalue weighted by atomic mass is 9.79. The molecule has 0 spiro atoms. The Hall–Kier alpha value is -2.14. The van der Waals surface area contributed by atoms with E-state index in [1.165, 1.54) is 7.11 Å². The normalized spacial score (nSPS) is 22.4. The number of carbonyl (C=O) groups excluding carboxylic acids is 2. The summed E-state index contributed by atoms with van der Waals surface area (Å²) in [6.45, 7) is 5.65. The number of benzene rings is 1. The zero-order valence-corrected chi connectivity index (χ0v) is 12.2. The third-order valence-corrected chi connectivity index (χ3v) is 3.76. The number of esters is 1. The van der Waals surface area contributed by atoms with E-state index in [2.05, 4.69) is 11.3 Å². The predicted molar refractivity (Wildman–Crippen MR) is 77.1 cm³/mol. The molecule has 1 amide bonds. The number of likely N-dealkylation sites (tertiary alicyclic amines) is 1. The Morgan fingerprint density at radius 1 is 1.43 bits per heavy atom. The van der Waals surface area contributed by atoms with Crippen molar-refractivity contribution in [3.8, 4) is 0 Å². The highest BCUT2D eigenvalue weighted by atomic mass is 16.5. The molecule has 0 unspecified atom stereocenters. The number of methoxy groups -OCH3 is 1. The highest BCUT2D eigenvalue weighted by Gasteiger charge is 2.52. The molecular weight excluding hydrogens is 270 g/mol. The van der Waals surface area contributed by atoms with Crippen molar-refractivity contribution in [2.45, 2.75) is 25.6 Å². The number of β-lactam (4-membered cyclic amide) rings is 1. The second-order valence-electron chi connectivity index (χ2n) is 5.18. The fraction of sp³-hybridized carbons (Fsp3) is 0.375. The molecule has 5 heteroatoms. The summed E-state index contributed by atoms with van der Waals surface area (Å²) in [5, 5.41) is 9.76. The number of rotatable bonds is 5. The van der Waals surface area contributed by atoms with Crippen LogP contribution in [0.15, 0.2) is 42.5 Å². The van der Waals surface area contributed by atoms with Gasteiger partial charge in [-0.15, -0.1) is 0 Å². The molecule has 1 aliphatic heterocycles. The summed E-state index contributed by atoms with van der Waals surface area (Å²) in [4.78, 5) is 25.4. The van der Waals surface area contributed by atoms with Gasteiger partial charge in [0.15, 0.2) is 0 Å². The van der Waals surface area contributed by atoms with Gasteiger partial charge in [0.25, 0.3) is 0 Å². The maximum atomic E-state index is 12.2. The van der Waals surface area contributed by atoms with Gasteiger partial charge in [-0.2, -0.15) is 0 Å². The first-order valence-electron chi connectivity index (χ1n) is 6.77. The molecule has 0 radical (unpaired) electrons. The molecule has 1 aliphatic rings. The molecule has 112 valence electrons. The third-order valence-electron chi connectivity index (χ3n) is 3.76. The monoisotopic (exact) mass is 289 g/mol. The van der Waals surface area contributed by atoms with Crippen LogP contribution < -0.4 is 0 Å². The molecule has 1 N–H and O–H groups in total. The number of amides is 1. The van der Waals surface area contributed by atoms with E-state index < -0.39 is 24.0 Å². The molecule has 1 saturated heterocycles. The smallest absolute Gasteiger partial charge is 0.335 e. The molecule has 5 nitrogen and oxygen atoms in total. The third kappa shape index (κ3) is 2.83.